The molecule has 0 spiro atoms. The Kier molecular flexibility index (Phi) is 10.2. The van der Waals surface area contributed by atoms with Crippen LogP contribution in [-0.2, 0) is 14.9 Å². The van der Waals surface area contributed by atoms with Gasteiger partial charge in [-0.1, -0.05) is 25.8 Å². The van der Waals surface area contributed by atoms with Gasteiger partial charge < -0.3 is 5.11 Å². The van der Waals surface area contributed by atoms with Crippen molar-refractivity contribution in [1.29, 1.82) is 0 Å². The Morgan fingerprint density at radius 3 is 2.06 bits per heavy atom. The molecule has 0 radical (unpaired) electrons. The summed E-state index contributed by atoms with van der Waals surface area (Å²) >= 11 is 0. The quantitative estimate of drug-likeness (QED) is 0.444. The van der Waals surface area contributed by atoms with E-state index in [0.717, 1.165) is 12.8 Å². The van der Waals surface area contributed by atoms with Crippen molar-refractivity contribution in [2.75, 3.05) is 6.26 Å². The first kappa shape index (κ1) is 17.5. The molecule has 0 aliphatic rings. The van der Waals surface area contributed by atoms with Gasteiger partial charge in [0.25, 0.3) is 10.1 Å². The molecular formula is C10H20O5S. The molecule has 0 rings (SSSR count). The number of rotatable bonds is 5. The van der Waals surface area contributed by atoms with E-state index >= 15 is 0 Å². The molecule has 0 aliphatic heterocycles. The average Bonchev–Trinajstić information content (AvgIpc) is 2.09. The first-order valence-electron chi connectivity index (χ1n) is 5.01. The molecule has 6 heteroatoms. The molecule has 2 N–H and O–H groups in total. The summed E-state index contributed by atoms with van der Waals surface area (Å²) in [6.07, 6.45) is 6.86. The lowest BCUT2D eigenvalue weighted by molar-refractivity contribution is -0.132. The highest BCUT2D eigenvalue weighted by Gasteiger charge is 1.96. The minimum atomic E-state index is -3.67. The maximum atomic E-state index is 10.3. The molecule has 0 saturated heterocycles. The predicted molar refractivity (Wildman–Crippen MR) is 63.0 cm³/mol. The molecule has 0 aromatic rings. The minimum Gasteiger partial charge on any atom is -0.478 e. The first-order chi connectivity index (χ1) is 7.18. The molecule has 0 heterocycles. The smallest absolute Gasteiger partial charge is 0.330 e. The number of carboxylic acid groups (broad SMARTS) is 1. The van der Waals surface area contributed by atoms with E-state index in [1.54, 1.807) is 13.0 Å². The zero-order valence-corrected chi connectivity index (χ0v) is 10.7. The fraction of sp³-hybridized carbons (Fsp3) is 0.700. The summed E-state index contributed by atoms with van der Waals surface area (Å²) < 4.78 is 25.9. The van der Waals surface area contributed by atoms with Crippen LogP contribution in [0.3, 0.4) is 0 Å². The summed E-state index contributed by atoms with van der Waals surface area (Å²) in [7, 11) is -3.67. The van der Waals surface area contributed by atoms with Crippen molar-refractivity contribution in [3.05, 3.63) is 11.6 Å². The van der Waals surface area contributed by atoms with Crippen molar-refractivity contribution in [1.82, 2.24) is 0 Å². The van der Waals surface area contributed by atoms with Gasteiger partial charge in [-0.15, -0.1) is 0 Å². The van der Waals surface area contributed by atoms with E-state index < -0.39 is 16.1 Å². The molecule has 0 fully saturated rings. The minimum absolute atomic E-state index is 0.459. The van der Waals surface area contributed by atoms with Crippen LogP contribution in [0.2, 0.25) is 0 Å². The van der Waals surface area contributed by atoms with E-state index in [-0.39, 0.29) is 0 Å². The van der Waals surface area contributed by atoms with E-state index in [1.165, 1.54) is 12.8 Å². The van der Waals surface area contributed by atoms with Gasteiger partial charge >= 0.3 is 5.97 Å². The summed E-state index contributed by atoms with van der Waals surface area (Å²) in [4.78, 5) is 10.3. The van der Waals surface area contributed by atoms with Crippen molar-refractivity contribution in [3.8, 4) is 0 Å². The summed E-state index contributed by atoms with van der Waals surface area (Å²) in [5.41, 5.74) is 0.459. The molecule has 0 atom stereocenters. The number of aliphatic carboxylic acids is 1. The van der Waals surface area contributed by atoms with E-state index in [9.17, 15) is 13.2 Å². The highest BCUT2D eigenvalue weighted by molar-refractivity contribution is 7.85. The molecule has 0 saturated carbocycles. The van der Waals surface area contributed by atoms with Gasteiger partial charge in [-0.25, -0.2) is 4.79 Å². The van der Waals surface area contributed by atoms with Gasteiger partial charge in [-0.05, 0) is 19.8 Å². The molecule has 0 unspecified atom stereocenters. The Hall–Kier alpha value is -0.880. The number of allylic oxidation sites excluding steroid dienone is 1. The standard InChI is InChI=1S/C9H16O2.CH4O3S/c1-3-4-5-6-7-8(2)9(10)11;1-5(2,3)4/h7H,3-6H2,1-2H3,(H,10,11);1H3,(H,2,3,4)/b8-7-;. The Morgan fingerprint density at radius 2 is 1.75 bits per heavy atom. The van der Waals surface area contributed by atoms with Crippen LogP contribution in [0.4, 0.5) is 0 Å². The van der Waals surface area contributed by atoms with Crippen molar-refractivity contribution in [2.45, 2.75) is 39.5 Å². The maximum Gasteiger partial charge on any atom is 0.330 e. The average molecular weight is 252 g/mol. The van der Waals surface area contributed by atoms with Crippen LogP contribution in [-0.4, -0.2) is 30.3 Å². The molecule has 96 valence electrons. The summed E-state index contributed by atoms with van der Waals surface area (Å²) in [5.74, 6) is -0.804. The van der Waals surface area contributed by atoms with Gasteiger partial charge in [0.1, 0.15) is 0 Å². The van der Waals surface area contributed by atoms with Gasteiger partial charge in [0.2, 0.25) is 0 Å². The fourth-order valence-electron chi connectivity index (χ4n) is 0.800. The highest BCUT2D eigenvalue weighted by Crippen LogP contribution is 2.02. The lowest BCUT2D eigenvalue weighted by Crippen LogP contribution is -1.95. The number of hydrogen-bond donors (Lipinski definition) is 2. The van der Waals surface area contributed by atoms with Crippen LogP contribution in [0.1, 0.15) is 39.5 Å². The first-order valence-corrected chi connectivity index (χ1v) is 6.85. The van der Waals surface area contributed by atoms with Crippen molar-refractivity contribution < 1.29 is 22.9 Å². The summed E-state index contributed by atoms with van der Waals surface area (Å²) in [6, 6.07) is 0. The van der Waals surface area contributed by atoms with Crippen LogP contribution in [0.15, 0.2) is 11.6 Å². The topological polar surface area (TPSA) is 91.7 Å². The van der Waals surface area contributed by atoms with Crippen molar-refractivity contribution >= 4 is 16.1 Å². The van der Waals surface area contributed by atoms with Gasteiger partial charge in [-0.2, -0.15) is 8.42 Å². The summed E-state index contributed by atoms with van der Waals surface area (Å²) in [6.45, 7) is 3.77. The van der Waals surface area contributed by atoms with Crippen LogP contribution in [0.25, 0.3) is 0 Å². The van der Waals surface area contributed by atoms with E-state index in [4.69, 9.17) is 9.66 Å². The molecule has 0 bridgehead atoms. The second kappa shape index (κ2) is 9.35. The molecule has 5 nitrogen and oxygen atoms in total. The summed E-state index contributed by atoms with van der Waals surface area (Å²) in [5, 5.41) is 8.47. The van der Waals surface area contributed by atoms with Crippen LogP contribution in [0.5, 0.6) is 0 Å². The fourth-order valence-corrected chi connectivity index (χ4v) is 0.800. The largest absolute Gasteiger partial charge is 0.478 e. The van der Waals surface area contributed by atoms with Gasteiger partial charge in [0.15, 0.2) is 0 Å². The Morgan fingerprint density at radius 1 is 1.31 bits per heavy atom. The number of carboxylic acids is 1. The monoisotopic (exact) mass is 252 g/mol. The van der Waals surface area contributed by atoms with Crippen LogP contribution >= 0.6 is 0 Å². The Labute approximate surface area is 96.9 Å². The van der Waals surface area contributed by atoms with E-state index in [1.807, 2.05) is 0 Å². The van der Waals surface area contributed by atoms with E-state index in [0.29, 0.717) is 11.8 Å². The number of unbranched alkanes of at least 4 members (excludes halogenated alkanes) is 3. The lowest BCUT2D eigenvalue weighted by Gasteiger charge is -1.93. The second-order valence-corrected chi connectivity index (χ2v) is 4.89. The lowest BCUT2D eigenvalue weighted by atomic mass is 10.1. The van der Waals surface area contributed by atoms with Crippen molar-refractivity contribution in [2.24, 2.45) is 0 Å². The third kappa shape index (κ3) is 23.2. The van der Waals surface area contributed by atoms with Crippen LogP contribution in [0, 0.1) is 0 Å². The Bertz CT molecular complexity index is 308. The van der Waals surface area contributed by atoms with Crippen molar-refractivity contribution in [3.63, 3.8) is 0 Å². The zero-order valence-electron chi connectivity index (χ0n) is 9.93. The Balaban J connectivity index is 0. The second-order valence-electron chi connectivity index (χ2n) is 3.42. The third-order valence-electron chi connectivity index (χ3n) is 1.60. The predicted octanol–water partition coefficient (Wildman–Crippen LogP) is 2.10. The van der Waals surface area contributed by atoms with Crippen LogP contribution < -0.4 is 0 Å². The molecule has 0 aliphatic carbocycles. The molecule has 0 aromatic carbocycles. The molecular weight excluding hydrogens is 232 g/mol. The zero-order chi connectivity index (χ0) is 13.2. The maximum absolute atomic E-state index is 10.3. The van der Waals surface area contributed by atoms with Gasteiger partial charge in [-0.3, -0.25) is 4.55 Å². The SMILES string of the molecule is CCCCC/C=C(/C)C(=O)O.CS(=O)(=O)O. The van der Waals surface area contributed by atoms with Gasteiger partial charge in [0.05, 0.1) is 6.26 Å². The normalized spacial score (nSPS) is 11.6. The third-order valence-corrected chi connectivity index (χ3v) is 1.60. The highest BCUT2D eigenvalue weighted by atomic mass is 32.2. The molecule has 0 aromatic heterocycles. The molecule has 0 amide bonds. The molecule has 16 heavy (non-hydrogen) atoms. The number of carbonyl (C=O) groups is 1. The van der Waals surface area contributed by atoms with Gasteiger partial charge in [0, 0.05) is 5.57 Å². The van der Waals surface area contributed by atoms with E-state index in [2.05, 4.69) is 6.92 Å². The number of hydrogen-bond acceptors (Lipinski definition) is 3.